The number of carbonyl (C=O) groups is 1. The van der Waals surface area contributed by atoms with E-state index in [1.54, 1.807) is 6.92 Å². The summed E-state index contributed by atoms with van der Waals surface area (Å²) in [5.74, 6) is -0.590. The van der Waals surface area contributed by atoms with E-state index in [4.69, 9.17) is 24.5 Å². The zero-order chi connectivity index (χ0) is 21.2. The zero-order valence-corrected chi connectivity index (χ0v) is 16.1. The monoisotopic (exact) mass is 433 g/mol. The van der Waals surface area contributed by atoms with Gasteiger partial charge in [0.25, 0.3) is 0 Å². The van der Waals surface area contributed by atoms with Crippen molar-refractivity contribution >= 4 is 30.8 Å². The molecule has 0 saturated carbocycles. The number of aromatic nitrogens is 4. The molecule has 0 unspecified atom stereocenters. The molecule has 14 nitrogen and oxygen atoms in total. The van der Waals surface area contributed by atoms with Crippen molar-refractivity contribution in [2.75, 3.05) is 25.6 Å². The molecule has 0 aliphatic carbocycles. The molecule has 2 aromatic rings. The number of nitrogens with two attached hydrogens (primary N) is 1. The first-order valence-corrected chi connectivity index (χ1v) is 9.98. The number of aliphatic hydroxyl groups is 1. The number of fused-ring (bicyclic) bond motifs is 1. The van der Waals surface area contributed by atoms with Crippen molar-refractivity contribution in [2.24, 2.45) is 0 Å². The molecular formula is C14H20N5O9P. The number of hydrogen-bond acceptors (Lipinski definition) is 11. The maximum Gasteiger partial charge on any atom is 0.470 e. The number of aliphatic hydroxyl groups excluding tert-OH is 1. The summed E-state index contributed by atoms with van der Waals surface area (Å²) in [5.41, 5.74) is 6.29. The molecule has 0 bridgehead atoms. The third-order valence-electron chi connectivity index (χ3n) is 4.08. The van der Waals surface area contributed by atoms with E-state index >= 15 is 0 Å². The Balaban J connectivity index is 1.96. The third-order valence-corrected chi connectivity index (χ3v) is 4.60. The van der Waals surface area contributed by atoms with Crippen LogP contribution in [0.25, 0.3) is 11.2 Å². The number of nitrogen functional groups attached to an aromatic ring is 1. The summed E-state index contributed by atoms with van der Waals surface area (Å²) in [4.78, 5) is 42.2. The molecule has 29 heavy (non-hydrogen) atoms. The van der Waals surface area contributed by atoms with Gasteiger partial charge in [-0.25, -0.2) is 24.3 Å². The van der Waals surface area contributed by atoms with Gasteiger partial charge in [-0.05, 0) is 6.92 Å². The highest BCUT2D eigenvalue weighted by atomic mass is 31.2. The molecule has 1 fully saturated rings. The molecule has 0 radical (unpaired) electrons. The molecule has 0 spiro atoms. The number of imidazole rings is 1. The Morgan fingerprint density at radius 2 is 2.10 bits per heavy atom. The quantitative estimate of drug-likeness (QED) is 0.284. The fourth-order valence-electron chi connectivity index (χ4n) is 2.97. The summed E-state index contributed by atoms with van der Waals surface area (Å²) in [7, 11) is -4.98. The van der Waals surface area contributed by atoms with E-state index < -0.39 is 51.5 Å². The minimum Gasteiger partial charge on any atom is -0.464 e. The van der Waals surface area contributed by atoms with Gasteiger partial charge in [0.05, 0.1) is 19.5 Å². The molecule has 15 heteroatoms. The van der Waals surface area contributed by atoms with Gasteiger partial charge < -0.3 is 34.8 Å². The van der Waals surface area contributed by atoms with Gasteiger partial charge in [-0.1, -0.05) is 0 Å². The van der Waals surface area contributed by atoms with Gasteiger partial charge in [0, 0.05) is 0 Å². The number of phosphoric acid groups is 1. The second-order valence-electron chi connectivity index (χ2n) is 5.97. The molecule has 3 rings (SSSR count). The number of esters is 1. The SMILES string of the molecule is CCOC(=O)CO[C@@H]1[C@H](OP(=O)(O)O)[C@@H](CO)O[C@H]1n1cnc2c(N)ncnc21. The molecule has 1 aliphatic rings. The van der Waals surface area contributed by atoms with Crippen LogP contribution in [0.15, 0.2) is 12.7 Å². The molecule has 4 atom stereocenters. The number of hydrogen-bond donors (Lipinski definition) is 4. The predicted octanol–water partition coefficient (Wildman–Crippen LogP) is -1.28. The van der Waals surface area contributed by atoms with Gasteiger partial charge in [-0.15, -0.1) is 0 Å². The molecule has 1 saturated heterocycles. The van der Waals surface area contributed by atoms with Crippen molar-refractivity contribution in [1.29, 1.82) is 0 Å². The third kappa shape index (κ3) is 4.70. The highest BCUT2D eigenvalue weighted by molar-refractivity contribution is 7.46. The number of carbonyl (C=O) groups excluding carboxylic acids is 1. The van der Waals surface area contributed by atoms with E-state index in [2.05, 4.69) is 15.0 Å². The highest BCUT2D eigenvalue weighted by Gasteiger charge is 2.50. The van der Waals surface area contributed by atoms with Gasteiger partial charge >= 0.3 is 13.8 Å². The van der Waals surface area contributed by atoms with E-state index in [-0.39, 0.29) is 23.6 Å². The van der Waals surface area contributed by atoms with Crippen molar-refractivity contribution in [2.45, 2.75) is 31.5 Å². The minimum absolute atomic E-state index is 0.109. The maximum absolute atomic E-state index is 11.7. The minimum atomic E-state index is -4.98. The number of rotatable bonds is 8. The summed E-state index contributed by atoms with van der Waals surface area (Å²) in [6, 6.07) is 0. The van der Waals surface area contributed by atoms with Gasteiger partial charge in [-0.2, -0.15) is 0 Å². The largest absolute Gasteiger partial charge is 0.470 e. The number of anilines is 1. The van der Waals surface area contributed by atoms with E-state index in [0.29, 0.717) is 0 Å². The lowest BCUT2D eigenvalue weighted by Crippen LogP contribution is -2.38. The first kappa shape index (κ1) is 21.5. The summed E-state index contributed by atoms with van der Waals surface area (Å²) in [5, 5.41) is 9.61. The Labute approximate surface area is 163 Å². The van der Waals surface area contributed by atoms with Crippen molar-refractivity contribution in [3.8, 4) is 0 Å². The number of phosphoric ester groups is 1. The zero-order valence-electron chi connectivity index (χ0n) is 15.2. The van der Waals surface area contributed by atoms with Crippen LogP contribution in [0.4, 0.5) is 5.82 Å². The molecule has 0 aromatic carbocycles. The highest BCUT2D eigenvalue weighted by Crippen LogP contribution is 2.45. The van der Waals surface area contributed by atoms with Crippen molar-refractivity contribution in [3.05, 3.63) is 12.7 Å². The summed E-state index contributed by atoms with van der Waals surface area (Å²) in [6.07, 6.45) is -2.38. The fraction of sp³-hybridized carbons (Fsp3) is 0.571. The van der Waals surface area contributed by atoms with Gasteiger partial charge in [0.2, 0.25) is 0 Å². The fourth-order valence-corrected chi connectivity index (χ4v) is 3.54. The Bertz CT molecular complexity index is 918. The Morgan fingerprint density at radius 3 is 2.76 bits per heavy atom. The van der Waals surface area contributed by atoms with Gasteiger partial charge in [0.15, 0.2) is 17.7 Å². The van der Waals surface area contributed by atoms with Crippen LogP contribution in [0.3, 0.4) is 0 Å². The van der Waals surface area contributed by atoms with Crippen LogP contribution < -0.4 is 5.73 Å². The van der Waals surface area contributed by atoms with Crippen molar-refractivity contribution in [3.63, 3.8) is 0 Å². The molecule has 2 aromatic heterocycles. The standard InChI is InChI=1S/C14H20N5O9P/c1-2-25-8(21)4-26-11-10(28-29(22,23)24)7(3-20)27-14(11)19-6-18-9-12(15)16-5-17-13(9)19/h5-7,10-11,14,20H,2-4H2,1H3,(H2,15,16,17)(H2,22,23,24)/t7-,10-,11-,14-/m1/s1. The molecule has 0 amide bonds. The van der Waals surface area contributed by atoms with E-state index in [1.165, 1.54) is 17.2 Å². The normalized spacial score (nSPS) is 24.8. The van der Waals surface area contributed by atoms with Gasteiger partial charge in [-0.3, -0.25) is 9.09 Å². The second-order valence-corrected chi connectivity index (χ2v) is 7.16. The van der Waals surface area contributed by atoms with Crippen LogP contribution in [0.5, 0.6) is 0 Å². The summed E-state index contributed by atoms with van der Waals surface area (Å²) >= 11 is 0. The smallest absolute Gasteiger partial charge is 0.464 e. The Hall–Kier alpha value is -2.19. The number of ether oxygens (including phenoxy) is 3. The van der Waals surface area contributed by atoms with Crippen LogP contribution in [0, 0.1) is 0 Å². The average Bonchev–Trinajstić information content (AvgIpc) is 3.21. The molecule has 160 valence electrons. The first-order valence-electron chi connectivity index (χ1n) is 8.45. The topological polar surface area (TPSA) is 201 Å². The maximum atomic E-state index is 11.7. The molecular weight excluding hydrogens is 413 g/mol. The first-order chi connectivity index (χ1) is 13.7. The second kappa shape index (κ2) is 8.67. The lowest BCUT2D eigenvalue weighted by molar-refractivity contribution is -0.154. The Kier molecular flexibility index (Phi) is 6.43. The lowest BCUT2D eigenvalue weighted by Gasteiger charge is -2.24. The van der Waals surface area contributed by atoms with Crippen LogP contribution in [0.2, 0.25) is 0 Å². The van der Waals surface area contributed by atoms with E-state index in [0.717, 1.165) is 0 Å². The molecule has 3 heterocycles. The van der Waals surface area contributed by atoms with Crippen molar-refractivity contribution < 1.29 is 43.0 Å². The lowest BCUT2D eigenvalue weighted by atomic mass is 10.1. The van der Waals surface area contributed by atoms with Crippen LogP contribution in [0.1, 0.15) is 13.2 Å². The average molecular weight is 433 g/mol. The number of nitrogens with zero attached hydrogens (tertiary/aromatic N) is 4. The summed E-state index contributed by atoms with van der Waals surface area (Å²) in [6.45, 7) is 0.560. The molecule has 5 N–H and O–H groups in total. The summed E-state index contributed by atoms with van der Waals surface area (Å²) < 4.78 is 33.6. The van der Waals surface area contributed by atoms with E-state index in [1.807, 2.05) is 0 Å². The van der Waals surface area contributed by atoms with Crippen molar-refractivity contribution in [1.82, 2.24) is 19.5 Å². The van der Waals surface area contributed by atoms with Crippen LogP contribution in [-0.4, -0.2) is 78.5 Å². The Morgan fingerprint density at radius 1 is 1.34 bits per heavy atom. The van der Waals surface area contributed by atoms with Crippen LogP contribution >= 0.6 is 7.82 Å². The molecule has 1 aliphatic heterocycles. The predicted molar refractivity (Wildman–Crippen MR) is 94.0 cm³/mol. The van der Waals surface area contributed by atoms with E-state index in [9.17, 15) is 24.3 Å². The van der Waals surface area contributed by atoms with Crippen LogP contribution in [-0.2, 0) is 28.1 Å². The van der Waals surface area contributed by atoms with Gasteiger partial charge in [0.1, 0.15) is 36.8 Å².